The summed E-state index contributed by atoms with van der Waals surface area (Å²) in [4.78, 5) is 12.5. The molecule has 0 aromatic heterocycles. The fourth-order valence-corrected chi connectivity index (χ4v) is 2.39. The molecule has 0 aliphatic rings. The Kier molecular flexibility index (Phi) is 4.42. The smallest absolute Gasteiger partial charge is 0.169 e. The van der Waals surface area contributed by atoms with Crippen LogP contribution in [0.2, 0.25) is 0 Å². The van der Waals surface area contributed by atoms with Gasteiger partial charge in [0.15, 0.2) is 5.78 Å². The molecular weight excluding hydrogens is 276 g/mol. The molecule has 2 nitrogen and oxygen atoms in total. The van der Waals surface area contributed by atoms with E-state index in [9.17, 15) is 9.90 Å². The molecule has 80 valence electrons. The van der Waals surface area contributed by atoms with Crippen molar-refractivity contribution >= 4 is 33.5 Å². The van der Waals surface area contributed by atoms with Crippen LogP contribution in [-0.4, -0.2) is 10.9 Å². The summed E-state index contributed by atoms with van der Waals surface area (Å²) in [6, 6.07) is 7.57. The summed E-state index contributed by atoms with van der Waals surface area (Å²) < 4.78 is 0.912. The Morgan fingerprint density at radius 3 is 2.40 bits per heavy atom. The molecule has 0 heterocycles. The van der Waals surface area contributed by atoms with Crippen LogP contribution in [0.5, 0.6) is 0 Å². The predicted molar refractivity (Wildman–Crippen MR) is 66.0 cm³/mol. The Balaban J connectivity index is 3.00. The van der Waals surface area contributed by atoms with Crippen LogP contribution in [0.1, 0.15) is 13.8 Å². The van der Waals surface area contributed by atoms with Gasteiger partial charge in [-0.1, -0.05) is 23.9 Å². The SMILES string of the molecule is CC(=O)C(Sc1ccccc1Br)=C(C)O. The molecule has 1 N–H and O–H groups in total. The van der Waals surface area contributed by atoms with Gasteiger partial charge in [0.05, 0.1) is 4.91 Å². The van der Waals surface area contributed by atoms with E-state index >= 15 is 0 Å². The lowest BCUT2D eigenvalue weighted by molar-refractivity contribution is -0.113. The number of ketones is 1. The van der Waals surface area contributed by atoms with Crippen LogP contribution in [0.15, 0.2) is 44.3 Å². The molecule has 0 amide bonds. The molecular formula is C11H11BrO2S. The molecule has 0 radical (unpaired) electrons. The number of carbonyl (C=O) groups excluding carboxylic acids is 1. The van der Waals surface area contributed by atoms with Crippen molar-refractivity contribution < 1.29 is 9.90 Å². The Morgan fingerprint density at radius 1 is 1.33 bits per heavy atom. The summed E-state index contributed by atoms with van der Waals surface area (Å²) in [5, 5.41) is 9.36. The molecule has 0 aliphatic heterocycles. The van der Waals surface area contributed by atoms with Crippen molar-refractivity contribution in [3.8, 4) is 0 Å². The topological polar surface area (TPSA) is 37.3 Å². The number of hydrogen-bond acceptors (Lipinski definition) is 3. The van der Waals surface area contributed by atoms with Crippen LogP contribution in [0.25, 0.3) is 0 Å². The number of hydrogen-bond donors (Lipinski definition) is 1. The fourth-order valence-electron chi connectivity index (χ4n) is 1.04. The summed E-state index contributed by atoms with van der Waals surface area (Å²) in [5.41, 5.74) is 0. The first-order valence-electron chi connectivity index (χ1n) is 4.35. The lowest BCUT2D eigenvalue weighted by Crippen LogP contribution is -1.96. The summed E-state index contributed by atoms with van der Waals surface area (Å²) in [7, 11) is 0. The van der Waals surface area contributed by atoms with Crippen LogP contribution in [0.4, 0.5) is 0 Å². The van der Waals surface area contributed by atoms with E-state index in [1.807, 2.05) is 24.3 Å². The second-order valence-corrected chi connectivity index (χ2v) is 4.91. The quantitative estimate of drug-likeness (QED) is 0.520. The highest BCUT2D eigenvalue weighted by molar-refractivity contribution is 9.10. The van der Waals surface area contributed by atoms with Gasteiger partial charge >= 0.3 is 0 Å². The Bertz CT molecular complexity index is 409. The van der Waals surface area contributed by atoms with E-state index in [1.54, 1.807) is 0 Å². The van der Waals surface area contributed by atoms with Gasteiger partial charge in [-0.2, -0.15) is 0 Å². The maximum atomic E-state index is 11.2. The van der Waals surface area contributed by atoms with Crippen molar-refractivity contribution in [1.82, 2.24) is 0 Å². The highest BCUT2D eigenvalue weighted by Crippen LogP contribution is 2.34. The fraction of sp³-hybridized carbons (Fsp3) is 0.182. The van der Waals surface area contributed by atoms with Gasteiger partial charge in [-0.25, -0.2) is 0 Å². The van der Waals surface area contributed by atoms with Crippen molar-refractivity contribution in [2.75, 3.05) is 0 Å². The molecule has 0 aliphatic carbocycles. The first-order chi connectivity index (χ1) is 7.02. The van der Waals surface area contributed by atoms with Crippen LogP contribution in [-0.2, 0) is 4.79 Å². The van der Waals surface area contributed by atoms with Crippen molar-refractivity contribution in [2.24, 2.45) is 0 Å². The van der Waals surface area contributed by atoms with E-state index in [2.05, 4.69) is 15.9 Å². The Labute approximate surface area is 102 Å². The average molecular weight is 287 g/mol. The van der Waals surface area contributed by atoms with E-state index in [1.165, 1.54) is 25.6 Å². The van der Waals surface area contributed by atoms with E-state index in [4.69, 9.17) is 0 Å². The van der Waals surface area contributed by atoms with Crippen molar-refractivity contribution in [3.63, 3.8) is 0 Å². The van der Waals surface area contributed by atoms with Gasteiger partial charge in [0.2, 0.25) is 0 Å². The molecule has 1 rings (SSSR count). The third kappa shape index (κ3) is 3.39. The molecule has 0 saturated heterocycles. The summed E-state index contributed by atoms with van der Waals surface area (Å²) in [5.74, 6) is -0.0704. The number of benzene rings is 1. The number of rotatable bonds is 3. The molecule has 0 atom stereocenters. The largest absolute Gasteiger partial charge is 0.511 e. The number of halogens is 1. The second-order valence-electron chi connectivity index (χ2n) is 3.00. The lowest BCUT2D eigenvalue weighted by Gasteiger charge is -2.06. The Hall–Kier alpha value is -0.740. The number of aliphatic hydroxyl groups excluding tert-OH is 1. The molecule has 1 aromatic carbocycles. The van der Waals surface area contributed by atoms with E-state index in [0.29, 0.717) is 4.91 Å². The minimum Gasteiger partial charge on any atom is -0.511 e. The first-order valence-corrected chi connectivity index (χ1v) is 5.96. The number of thioether (sulfide) groups is 1. The molecule has 0 fully saturated rings. The second kappa shape index (κ2) is 5.37. The average Bonchev–Trinajstić information content (AvgIpc) is 2.15. The first kappa shape index (κ1) is 12.3. The zero-order valence-electron chi connectivity index (χ0n) is 8.45. The van der Waals surface area contributed by atoms with Crippen LogP contribution in [0.3, 0.4) is 0 Å². The number of carbonyl (C=O) groups is 1. The summed E-state index contributed by atoms with van der Waals surface area (Å²) >= 11 is 4.65. The van der Waals surface area contributed by atoms with Crippen molar-refractivity contribution in [2.45, 2.75) is 18.7 Å². The van der Waals surface area contributed by atoms with E-state index in [0.717, 1.165) is 9.37 Å². The minimum atomic E-state index is -0.129. The molecule has 0 spiro atoms. The van der Waals surface area contributed by atoms with Gasteiger partial charge in [-0.3, -0.25) is 4.79 Å². The zero-order valence-corrected chi connectivity index (χ0v) is 10.9. The van der Waals surface area contributed by atoms with Crippen LogP contribution in [0, 0.1) is 0 Å². The normalized spacial score (nSPS) is 12.2. The number of Topliss-reactive ketones (excluding diaryl/α,β-unsaturated/α-hetero) is 1. The highest BCUT2D eigenvalue weighted by Gasteiger charge is 2.11. The predicted octanol–water partition coefficient (Wildman–Crippen LogP) is 3.92. The molecule has 0 saturated carbocycles. The van der Waals surface area contributed by atoms with Gasteiger partial charge in [0, 0.05) is 9.37 Å². The number of aliphatic hydroxyl groups is 1. The van der Waals surface area contributed by atoms with Crippen molar-refractivity contribution in [3.05, 3.63) is 39.4 Å². The maximum Gasteiger partial charge on any atom is 0.169 e. The van der Waals surface area contributed by atoms with Gasteiger partial charge in [0.1, 0.15) is 5.76 Å². The molecule has 0 unspecified atom stereocenters. The monoisotopic (exact) mass is 286 g/mol. The zero-order chi connectivity index (χ0) is 11.4. The van der Waals surface area contributed by atoms with Crippen LogP contribution < -0.4 is 0 Å². The van der Waals surface area contributed by atoms with Gasteiger partial charge in [-0.15, -0.1) is 0 Å². The summed E-state index contributed by atoms with van der Waals surface area (Å²) in [6.45, 7) is 2.96. The Morgan fingerprint density at radius 2 is 1.93 bits per heavy atom. The van der Waals surface area contributed by atoms with Gasteiger partial charge in [0.25, 0.3) is 0 Å². The van der Waals surface area contributed by atoms with E-state index < -0.39 is 0 Å². The van der Waals surface area contributed by atoms with E-state index in [-0.39, 0.29) is 11.5 Å². The molecule has 4 heteroatoms. The third-order valence-electron chi connectivity index (χ3n) is 1.70. The molecule has 1 aromatic rings. The third-order valence-corrected chi connectivity index (χ3v) is 4.01. The lowest BCUT2D eigenvalue weighted by atomic mass is 10.3. The van der Waals surface area contributed by atoms with Gasteiger partial charge in [-0.05, 0) is 41.9 Å². The summed E-state index contributed by atoms with van der Waals surface area (Å²) in [6.07, 6.45) is 0. The molecule has 15 heavy (non-hydrogen) atoms. The maximum absolute atomic E-state index is 11.2. The van der Waals surface area contributed by atoms with Gasteiger partial charge < -0.3 is 5.11 Å². The number of allylic oxidation sites excluding steroid dienone is 2. The highest BCUT2D eigenvalue weighted by atomic mass is 79.9. The molecule has 0 bridgehead atoms. The minimum absolute atomic E-state index is 0.0586. The van der Waals surface area contributed by atoms with Crippen LogP contribution >= 0.6 is 27.7 Å². The standard InChI is InChI=1S/C11H11BrO2S/c1-7(13)11(8(2)14)15-10-6-4-3-5-9(10)12/h3-6,13H,1-2H3. The van der Waals surface area contributed by atoms with Crippen molar-refractivity contribution in [1.29, 1.82) is 0 Å².